The monoisotopic (exact) mass is 734 g/mol. The molecule has 1 fully saturated rings. The van der Waals surface area contributed by atoms with Crippen molar-refractivity contribution < 1.29 is 33.5 Å². The lowest BCUT2D eigenvalue weighted by atomic mass is 9.81. The number of nitrogens with zero attached hydrogens (tertiary/aromatic N) is 1. The van der Waals surface area contributed by atoms with E-state index in [1.54, 1.807) is 30.3 Å². The van der Waals surface area contributed by atoms with Crippen molar-refractivity contribution in [1.82, 2.24) is 5.06 Å². The lowest BCUT2D eigenvalue weighted by molar-refractivity contribution is -0.241. The molecule has 266 valence electrons. The van der Waals surface area contributed by atoms with Crippen LogP contribution in [0, 0.1) is 5.92 Å². The van der Waals surface area contributed by atoms with Crippen LogP contribution in [0.4, 0.5) is 4.79 Å². The highest BCUT2D eigenvalue weighted by Gasteiger charge is 2.55. The molecule has 0 spiro atoms. The van der Waals surface area contributed by atoms with Crippen LogP contribution in [0.25, 0.3) is 0 Å². The molecule has 0 bridgehead atoms. The van der Waals surface area contributed by atoms with Crippen molar-refractivity contribution in [3.8, 4) is 0 Å². The summed E-state index contributed by atoms with van der Waals surface area (Å²) in [5.41, 5.74) is 6.61. The van der Waals surface area contributed by atoms with Gasteiger partial charge in [-0.05, 0) is 42.2 Å². The number of Topliss-reactive ketones (excluding diaryl/α,β-unsaturated/α-hetero) is 1. The smallest absolute Gasteiger partial charge is 0.430 e. The minimum Gasteiger partial charge on any atom is -0.430 e. The van der Waals surface area contributed by atoms with Gasteiger partial charge in [-0.25, -0.2) is 9.59 Å². The Kier molecular flexibility index (Phi) is 12.4. The van der Waals surface area contributed by atoms with E-state index in [9.17, 15) is 19.2 Å². The van der Waals surface area contributed by atoms with E-state index in [1.807, 2.05) is 91.0 Å². The summed E-state index contributed by atoms with van der Waals surface area (Å²) < 4.78 is 10.4. The maximum Gasteiger partial charge on any atom is 0.508 e. The molecule has 9 nitrogen and oxygen atoms in total. The number of hydrogen-bond acceptors (Lipinski definition) is 8. The first kappa shape index (κ1) is 37.7. The van der Waals surface area contributed by atoms with Crippen LogP contribution in [0.3, 0.4) is 0 Å². The van der Waals surface area contributed by atoms with E-state index < -0.39 is 43.0 Å². The summed E-state index contributed by atoms with van der Waals surface area (Å²) in [7, 11) is 0. The first-order chi connectivity index (χ1) is 25.1. The van der Waals surface area contributed by atoms with Gasteiger partial charge in [0, 0.05) is 17.5 Å². The average molecular weight is 735 g/mol. The van der Waals surface area contributed by atoms with Gasteiger partial charge < -0.3 is 20.0 Å². The minimum absolute atomic E-state index is 0.0911. The van der Waals surface area contributed by atoms with Gasteiger partial charge in [0.05, 0.1) is 11.3 Å². The van der Waals surface area contributed by atoms with Crippen LogP contribution in [-0.4, -0.2) is 57.9 Å². The van der Waals surface area contributed by atoms with Gasteiger partial charge in [-0.1, -0.05) is 140 Å². The second-order valence-electron chi connectivity index (χ2n) is 12.0. The van der Waals surface area contributed by atoms with E-state index in [-0.39, 0.29) is 30.2 Å². The zero-order chi connectivity index (χ0) is 37.3. The maximum absolute atomic E-state index is 14.7. The van der Waals surface area contributed by atoms with Gasteiger partial charge in [0.25, 0.3) is 5.91 Å². The number of rotatable bonds is 15. The summed E-state index contributed by atoms with van der Waals surface area (Å²) in [6.07, 6.45) is 0.872. The van der Waals surface area contributed by atoms with E-state index in [0.717, 1.165) is 21.0 Å². The molecule has 4 aromatic carbocycles. The van der Waals surface area contributed by atoms with Gasteiger partial charge in [-0.3, -0.25) is 9.59 Å². The molecule has 3 atom stereocenters. The molecule has 0 saturated carbocycles. The Labute approximate surface area is 308 Å². The average Bonchev–Trinajstić information content (AvgIpc) is 3.17. The number of benzene rings is 4. The van der Waals surface area contributed by atoms with Crippen LogP contribution < -0.4 is 21.6 Å². The lowest BCUT2D eigenvalue weighted by Crippen LogP contribution is -2.65. The third-order valence-electron chi connectivity index (χ3n) is 8.78. The second kappa shape index (κ2) is 17.1. The second-order valence-corrected chi connectivity index (χ2v) is 15.9. The van der Waals surface area contributed by atoms with E-state index in [0.29, 0.717) is 16.4 Å². The summed E-state index contributed by atoms with van der Waals surface area (Å²) in [5.74, 6) is -2.76. The third kappa shape index (κ3) is 7.83. The Bertz CT molecular complexity index is 1930. The maximum atomic E-state index is 14.7. The zero-order valence-electron chi connectivity index (χ0n) is 28.6. The number of β-lactam (4-membered cyclic amide) rings is 1. The molecule has 1 aliphatic heterocycles. The number of hydrogen-bond donors (Lipinski definition) is 1. The summed E-state index contributed by atoms with van der Waals surface area (Å²) in [4.78, 5) is 60.9. The van der Waals surface area contributed by atoms with Gasteiger partial charge in [0.2, 0.25) is 0 Å². The fourth-order valence-corrected chi connectivity index (χ4v) is 11.0. The van der Waals surface area contributed by atoms with Crippen molar-refractivity contribution >= 4 is 69.1 Å². The van der Waals surface area contributed by atoms with Gasteiger partial charge >= 0.3 is 12.1 Å². The highest BCUT2D eigenvalue weighted by Crippen LogP contribution is 2.47. The fourth-order valence-electron chi connectivity index (χ4n) is 6.42. The predicted octanol–water partition coefficient (Wildman–Crippen LogP) is 5.65. The van der Waals surface area contributed by atoms with Crippen LogP contribution in [-0.2, 0) is 23.9 Å². The number of carbonyl (C=O) groups is 4. The van der Waals surface area contributed by atoms with Crippen LogP contribution in [0.5, 0.6) is 0 Å². The number of allylic oxidation sites excluding steroid dienone is 1. The van der Waals surface area contributed by atoms with Crippen molar-refractivity contribution in [1.29, 1.82) is 0 Å². The predicted molar refractivity (Wildman–Crippen MR) is 209 cm³/mol. The van der Waals surface area contributed by atoms with Crippen LogP contribution in [0.2, 0.25) is 0 Å². The van der Waals surface area contributed by atoms with Crippen molar-refractivity contribution in [2.24, 2.45) is 11.7 Å². The molecule has 2 N–H and O–H groups in total. The largest absolute Gasteiger partial charge is 0.508 e. The van der Waals surface area contributed by atoms with E-state index >= 15 is 0 Å². The molecular formula is C41H39N2O7PS. The molecule has 1 amide bonds. The number of carbonyl (C=O) groups excluding carboxylic acids is 4. The Morgan fingerprint density at radius 3 is 1.88 bits per heavy atom. The van der Waals surface area contributed by atoms with Crippen molar-refractivity contribution in [2.45, 2.75) is 31.9 Å². The highest BCUT2D eigenvalue weighted by atomic mass is 32.1. The number of ketones is 1. The van der Waals surface area contributed by atoms with Gasteiger partial charge in [0.1, 0.15) is 23.6 Å². The molecule has 0 unspecified atom stereocenters. The summed E-state index contributed by atoms with van der Waals surface area (Å²) in [5, 5.41) is 4.03. The first-order valence-corrected chi connectivity index (χ1v) is 18.8. The zero-order valence-corrected chi connectivity index (χ0v) is 30.3. The molecule has 4 aromatic rings. The van der Waals surface area contributed by atoms with E-state index in [1.165, 1.54) is 13.0 Å². The quantitative estimate of drug-likeness (QED) is 0.0412. The van der Waals surface area contributed by atoms with Crippen molar-refractivity contribution in [3.05, 3.63) is 152 Å². The van der Waals surface area contributed by atoms with E-state index in [2.05, 4.69) is 13.2 Å². The van der Waals surface area contributed by atoms with Crippen molar-refractivity contribution in [3.63, 3.8) is 0 Å². The molecule has 1 saturated heterocycles. The third-order valence-corrected chi connectivity index (χ3v) is 13.4. The molecule has 11 heteroatoms. The number of amides is 1. The van der Waals surface area contributed by atoms with Gasteiger partial charge in [-0.15, -0.1) is 6.58 Å². The normalized spacial score (nSPS) is 15.7. The number of ether oxygens (including phenoxy) is 2. The van der Waals surface area contributed by atoms with E-state index in [4.69, 9.17) is 32.3 Å². The Morgan fingerprint density at radius 2 is 1.38 bits per heavy atom. The van der Waals surface area contributed by atoms with Gasteiger partial charge in [0.15, 0.2) is 5.78 Å². The molecular weight excluding hydrogens is 695 g/mol. The summed E-state index contributed by atoms with van der Waals surface area (Å²) in [6, 6.07) is 34.7. The molecule has 0 radical (unpaired) electrons. The Hall–Kier alpha value is -5.57. The number of thiocarbonyl (C=S) groups is 1. The molecule has 0 aliphatic carbocycles. The SMILES string of the molecule is C=CCOC(=O)O[C@H](C)[C@H]1C(=O)N(OC(=O)C(CC=C)=P(c2ccccc2)(c2ccccc2)c2ccccc2)[C@@H]1CC(=O)c1cccc(C(N)=S)c1. The number of nitrogens with two attached hydrogens (primary N) is 1. The highest BCUT2D eigenvalue weighted by molar-refractivity contribution is 7.96. The molecule has 5 rings (SSSR count). The Balaban J connectivity index is 1.61. The first-order valence-electron chi connectivity index (χ1n) is 16.6. The van der Waals surface area contributed by atoms with Crippen LogP contribution in [0.15, 0.2) is 141 Å². The topological polar surface area (TPSA) is 125 Å². The minimum atomic E-state index is -2.92. The molecule has 52 heavy (non-hydrogen) atoms. The Morgan fingerprint density at radius 1 is 0.846 bits per heavy atom. The van der Waals surface area contributed by atoms with Gasteiger partial charge in [-0.2, -0.15) is 5.06 Å². The fraction of sp³-hybridized carbons (Fsp3) is 0.171. The molecule has 1 aliphatic rings. The summed E-state index contributed by atoms with van der Waals surface area (Å²) in [6.45, 7) is 6.00. The molecule has 1 heterocycles. The molecule has 0 aromatic heterocycles. The van der Waals surface area contributed by atoms with Crippen molar-refractivity contribution in [2.75, 3.05) is 6.61 Å². The number of hydroxylamine groups is 2. The lowest BCUT2D eigenvalue weighted by Gasteiger charge is -2.46. The van der Waals surface area contributed by atoms with Crippen LogP contribution in [0.1, 0.15) is 35.7 Å². The standard InChI is InChI=1S/C41H39N2O7PS/c1-4-16-36(51(31-19-9-6-10-20-31,32-21-11-7-12-22-32)33-23-13-8-14-24-33)40(46)50-43-34(27-35(44)29-17-15-18-30(26-29)38(42)52)37(39(43)45)28(3)49-41(47)48-25-5-2/h4-15,17-24,26,28,34,37H,1-2,16,25,27H2,3H3,(H2,42,52)/t28-,34-,37-/m1/s1. The van der Waals surface area contributed by atoms with Crippen LogP contribution >= 0.6 is 19.1 Å². The summed E-state index contributed by atoms with van der Waals surface area (Å²) >= 11 is 5.10.